The van der Waals surface area contributed by atoms with E-state index >= 15 is 0 Å². The first-order valence-corrected chi connectivity index (χ1v) is 5.86. The first-order valence-electron chi connectivity index (χ1n) is 5.86. The molecule has 3 heteroatoms. The van der Waals surface area contributed by atoms with Gasteiger partial charge in [-0.3, -0.25) is 9.59 Å². The first-order chi connectivity index (χ1) is 9.18. The van der Waals surface area contributed by atoms with Crippen molar-refractivity contribution in [2.24, 2.45) is 0 Å². The van der Waals surface area contributed by atoms with Crippen LogP contribution in [0, 0.1) is 6.92 Å². The van der Waals surface area contributed by atoms with Crippen LogP contribution in [-0.2, 0) is 14.3 Å². The summed E-state index contributed by atoms with van der Waals surface area (Å²) >= 11 is 0. The lowest BCUT2D eigenvalue weighted by atomic mass is 9.91. The average molecular weight is 253 g/mol. The van der Waals surface area contributed by atoms with Gasteiger partial charge in [0.2, 0.25) is 0 Å². The SMILES string of the molecule is [CH2]C(=O)OC(=O)C(c1ccccc1)c1ccccc1. The molecule has 0 amide bonds. The summed E-state index contributed by atoms with van der Waals surface area (Å²) in [6.07, 6.45) is 0. The molecule has 0 saturated carbocycles. The molecule has 0 atom stereocenters. The van der Waals surface area contributed by atoms with Crippen LogP contribution in [0.1, 0.15) is 17.0 Å². The summed E-state index contributed by atoms with van der Waals surface area (Å²) in [6.45, 7) is 3.07. The second-order valence-electron chi connectivity index (χ2n) is 4.05. The van der Waals surface area contributed by atoms with Gasteiger partial charge < -0.3 is 4.74 Å². The Morgan fingerprint density at radius 2 is 1.26 bits per heavy atom. The van der Waals surface area contributed by atoms with E-state index < -0.39 is 17.9 Å². The molecule has 0 spiro atoms. The normalized spacial score (nSPS) is 10.2. The summed E-state index contributed by atoms with van der Waals surface area (Å²) in [6, 6.07) is 18.4. The third kappa shape index (κ3) is 3.28. The highest BCUT2D eigenvalue weighted by Gasteiger charge is 2.25. The molecule has 0 fully saturated rings. The van der Waals surface area contributed by atoms with Crippen molar-refractivity contribution in [2.75, 3.05) is 0 Å². The van der Waals surface area contributed by atoms with Crippen molar-refractivity contribution in [1.29, 1.82) is 0 Å². The predicted octanol–water partition coefficient (Wildman–Crippen LogP) is 2.72. The molecular weight excluding hydrogens is 240 g/mol. The van der Waals surface area contributed by atoms with Gasteiger partial charge in [-0.2, -0.15) is 0 Å². The Hall–Kier alpha value is -2.42. The minimum absolute atomic E-state index is 0.614. The van der Waals surface area contributed by atoms with Crippen LogP contribution in [0.4, 0.5) is 0 Å². The fourth-order valence-corrected chi connectivity index (χ4v) is 1.93. The molecule has 0 aromatic heterocycles. The summed E-state index contributed by atoms with van der Waals surface area (Å²) in [5.41, 5.74) is 1.56. The maximum atomic E-state index is 12.1. The zero-order chi connectivity index (χ0) is 13.7. The Morgan fingerprint density at radius 3 is 1.63 bits per heavy atom. The minimum Gasteiger partial charge on any atom is -0.392 e. The second kappa shape index (κ2) is 5.96. The van der Waals surface area contributed by atoms with Crippen molar-refractivity contribution in [3.8, 4) is 0 Å². The van der Waals surface area contributed by atoms with E-state index in [2.05, 4.69) is 11.7 Å². The van der Waals surface area contributed by atoms with Crippen LogP contribution in [0.5, 0.6) is 0 Å². The fraction of sp³-hybridized carbons (Fsp3) is 0.0625. The molecule has 3 nitrogen and oxygen atoms in total. The molecule has 2 aromatic rings. The lowest BCUT2D eigenvalue weighted by molar-refractivity contribution is -0.156. The summed E-state index contributed by atoms with van der Waals surface area (Å²) in [4.78, 5) is 22.9. The molecule has 0 aliphatic rings. The Bertz CT molecular complexity index is 522. The van der Waals surface area contributed by atoms with Gasteiger partial charge >= 0.3 is 11.9 Å². The molecule has 1 radical (unpaired) electrons. The number of carbonyl (C=O) groups is 2. The Labute approximate surface area is 111 Å². The fourth-order valence-electron chi connectivity index (χ4n) is 1.93. The largest absolute Gasteiger partial charge is 0.392 e. The molecule has 2 rings (SSSR count). The van der Waals surface area contributed by atoms with E-state index in [1.165, 1.54) is 0 Å². The summed E-state index contributed by atoms with van der Waals surface area (Å²) in [5.74, 6) is -2.08. The van der Waals surface area contributed by atoms with Crippen LogP contribution >= 0.6 is 0 Å². The quantitative estimate of drug-likeness (QED) is 0.624. The van der Waals surface area contributed by atoms with Gasteiger partial charge in [-0.05, 0) is 11.1 Å². The molecule has 0 unspecified atom stereocenters. The van der Waals surface area contributed by atoms with Crippen molar-refractivity contribution < 1.29 is 14.3 Å². The predicted molar refractivity (Wildman–Crippen MR) is 71.2 cm³/mol. The van der Waals surface area contributed by atoms with Crippen molar-refractivity contribution >= 4 is 11.9 Å². The highest BCUT2D eigenvalue weighted by atomic mass is 16.6. The van der Waals surface area contributed by atoms with Crippen LogP contribution in [0.15, 0.2) is 60.7 Å². The molecule has 0 aliphatic carbocycles. The van der Waals surface area contributed by atoms with Gasteiger partial charge in [0.25, 0.3) is 0 Å². The number of hydrogen-bond donors (Lipinski definition) is 0. The highest BCUT2D eigenvalue weighted by molar-refractivity contribution is 5.92. The monoisotopic (exact) mass is 253 g/mol. The van der Waals surface area contributed by atoms with E-state index in [-0.39, 0.29) is 0 Å². The van der Waals surface area contributed by atoms with Gasteiger partial charge in [0.1, 0.15) is 5.92 Å². The third-order valence-corrected chi connectivity index (χ3v) is 2.72. The van der Waals surface area contributed by atoms with Crippen LogP contribution in [0.2, 0.25) is 0 Å². The van der Waals surface area contributed by atoms with E-state index in [1.54, 1.807) is 0 Å². The first kappa shape index (κ1) is 13.0. The van der Waals surface area contributed by atoms with Gasteiger partial charge in [-0.25, -0.2) is 0 Å². The Balaban J connectivity index is 2.40. The molecule has 0 bridgehead atoms. The van der Waals surface area contributed by atoms with E-state index in [0.717, 1.165) is 11.1 Å². The van der Waals surface area contributed by atoms with Gasteiger partial charge in [-0.1, -0.05) is 60.7 Å². The molecule has 0 saturated heterocycles. The van der Waals surface area contributed by atoms with Gasteiger partial charge in [0.15, 0.2) is 0 Å². The molecule has 0 heterocycles. The maximum absolute atomic E-state index is 12.1. The van der Waals surface area contributed by atoms with Crippen LogP contribution < -0.4 is 0 Å². The second-order valence-corrected chi connectivity index (χ2v) is 4.05. The van der Waals surface area contributed by atoms with E-state index in [4.69, 9.17) is 0 Å². The lowest BCUT2D eigenvalue weighted by Gasteiger charge is -2.15. The number of benzene rings is 2. The molecular formula is C16H13O3. The average Bonchev–Trinajstić information content (AvgIpc) is 2.40. The van der Waals surface area contributed by atoms with Crippen LogP contribution in [-0.4, -0.2) is 11.9 Å². The summed E-state index contributed by atoms with van der Waals surface area (Å²) < 4.78 is 4.63. The van der Waals surface area contributed by atoms with Crippen molar-refractivity contribution in [3.63, 3.8) is 0 Å². The maximum Gasteiger partial charge on any atom is 0.325 e. The van der Waals surface area contributed by atoms with Crippen LogP contribution in [0.3, 0.4) is 0 Å². The topological polar surface area (TPSA) is 43.4 Å². The van der Waals surface area contributed by atoms with E-state index in [1.807, 2.05) is 60.7 Å². The van der Waals surface area contributed by atoms with Crippen molar-refractivity contribution in [1.82, 2.24) is 0 Å². The Kier molecular flexibility index (Phi) is 4.08. The molecule has 0 N–H and O–H groups in total. The Morgan fingerprint density at radius 1 is 0.842 bits per heavy atom. The van der Waals surface area contributed by atoms with Gasteiger partial charge in [0, 0.05) is 0 Å². The van der Waals surface area contributed by atoms with Crippen molar-refractivity contribution in [2.45, 2.75) is 5.92 Å². The third-order valence-electron chi connectivity index (χ3n) is 2.72. The molecule has 0 aliphatic heterocycles. The van der Waals surface area contributed by atoms with Crippen molar-refractivity contribution in [3.05, 3.63) is 78.7 Å². The highest BCUT2D eigenvalue weighted by Crippen LogP contribution is 2.25. The number of rotatable bonds is 3. The van der Waals surface area contributed by atoms with Gasteiger partial charge in [0.05, 0.1) is 6.92 Å². The molecule has 19 heavy (non-hydrogen) atoms. The van der Waals surface area contributed by atoms with E-state index in [9.17, 15) is 9.59 Å². The zero-order valence-electron chi connectivity index (χ0n) is 10.3. The standard InChI is InChI=1S/C16H13O3/c1-12(17)19-16(18)15(13-8-4-2-5-9-13)14-10-6-3-7-11-14/h2-11,15H,1H2. The zero-order valence-corrected chi connectivity index (χ0v) is 10.3. The van der Waals surface area contributed by atoms with Crippen LogP contribution in [0.25, 0.3) is 0 Å². The number of hydrogen-bond acceptors (Lipinski definition) is 3. The number of ether oxygens (including phenoxy) is 1. The smallest absolute Gasteiger partial charge is 0.325 e. The van der Waals surface area contributed by atoms with Gasteiger partial charge in [-0.15, -0.1) is 0 Å². The number of esters is 2. The summed E-state index contributed by atoms with van der Waals surface area (Å²) in [5, 5.41) is 0. The summed E-state index contributed by atoms with van der Waals surface area (Å²) in [7, 11) is 0. The number of carbonyl (C=O) groups excluding carboxylic acids is 2. The lowest BCUT2D eigenvalue weighted by Crippen LogP contribution is -2.19. The van der Waals surface area contributed by atoms with E-state index in [0.29, 0.717) is 0 Å². The molecule has 2 aromatic carbocycles. The minimum atomic E-state index is -0.845. The molecule has 95 valence electrons.